The Labute approximate surface area is 47.3 Å². The summed E-state index contributed by atoms with van der Waals surface area (Å²) in [5.41, 5.74) is 0. The highest BCUT2D eigenvalue weighted by Crippen LogP contribution is 2.27. The smallest absolute Gasteiger partial charge is 0.0423 e. The summed E-state index contributed by atoms with van der Waals surface area (Å²) in [4.78, 5) is 0. The van der Waals surface area contributed by atoms with Crippen molar-refractivity contribution in [3.63, 3.8) is 0 Å². The monoisotopic (exact) mass is 107 g/mol. The fourth-order valence-electron chi connectivity index (χ4n) is 0.566. The molecule has 0 fully saturated rings. The van der Waals surface area contributed by atoms with E-state index in [1.807, 2.05) is 12.2 Å². The second-order valence-electron chi connectivity index (χ2n) is 2.00. The lowest BCUT2D eigenvalue weighted by Gasteiger charge is -2.07. The molecular formula is C6H7Si. The Morgan fingerprint density at radius 1 is 1.29 bits per heavy atom. The number of hydrogen-bond donors (Lipinski definition) is 0. The molecule has 0 unspecified atom stereocenters. The molecule has 0 bridgehead atoms. The molecule has 0 saturated carbocycles. The zero-order chi connectivity index (χ0) is 5.33. The Balaban J connectivity index is 2.77. The van der Waals surface area contributed by atoms with Gasteiger partial charge in [0.15, 0.2) is 0 Å². The maximum atomic E-state index is 3.52. The Morgan fingerprint density at radius 2 is 1.71 bits per heavy atom. The van der Waals surface area contributed by atoms with E-state index < -0.39 is 0 Å². The Hall–Kier alpha value is -0.303. The average molecular weight is 107 g/mol. The molecule has 0 N–H and O–H groups in total. The van der Waals surface area contributed by atoms with Crippen LogP contribution in [0.1, 0.15) is 6.92 Å². The van der Waals surface area contributed by atoms with E-state index in [0.717, 1.165) is 0 Å². The summed E-state index contributed by atoms with van der Waals surface area (Å²) in [6.45, 7) is 2.10. The lowest BCUT2D eigenvalue weighted by Crippen LogP contribution is -1.94. The molecule has 7 heavy (non-hydrogen) atoms. The van der Waals surface area contributed by atoms with Crippen molar-refractivity contribution in [3.05, 3.63) is 24.3 Å². The van der Waals surface area contributed by atoms with Crippen molar-refractivity contribution in [1.29, 1.82) is 0 Å². The normalized spacial score (nSPS) is 23.7. The minimum Gasteiger partial charge on any atom is -0.0784 e. The first-order valence-electron chi connectivity index (χ1n) is 2.33. The van der Waals surface area contributed by atoms with Gasteiger partial charge in [0.25, 0.3) is 0 Å². The first-order valence-corrected chi connectivity index (χ1v) is 2.83. The highest BCUT2D eigenvalue weighted by Gasteiger charge is 2.10. The Bertz CT molecular complexity index is 106. The molecule has 0 nitrogen and oxygen atoms in total. The van der Waals surface area contributed by atoms with Crippen LogP contribution in [0.2, 0.25) is 5.04 Å². The van der Waals surface area contributed by atoms with Crippen molar-refractivity contribution in [2.75, 3.05) is 0 Å². The zero-order valence-electron chi connectivity index (χ0n) is 4.31. The third-order valence-corrected chi connectivity index (χ3v) is 1.33. The van der Waals surface area contributed by atoms with Crippen LogP contribution in [-0.4, -0.2) is 10.2 Å². The Morgan fingerprint density at radius 3 is 1.86 bits per heavy atom. The predicted molar refractivity (Wildman–Crippen MR) is 32.4 cm³/mol. The van der Waals surface area contributed by atoms with E-state index in [1.165, 1.54) is 0 Å². The first-order chi connectivity index (χ1) is 3.21. The van der Waals surface area contributed by atoms with Crippen LogP contribution in [0, 0.1) is 0 Å². The SMILES string of the molecule is CC1([Si])C=CC=C1. The van der Waals surface area contributed by atoms with E-state index in [2.05, 4.69) is 29.3 Å². The molecular weight excluding hydrogens is 100 g/mol. The van der Waals surface area contributed by atoms with Crippen LogP contribution in [0.25, 0.3) is 0 Å². The summed E-state index contributed by atoms with van der Waals surface area (Å²) in [7, 11) is 3.52. The number of hydrogen-bond acceptors (Lipinski definition) is 0. The second kappa shape index (κ2) is 1.34. The minimum absolute atomic E-state index is 0.139. The van der Waals surface area contributed by atoms with Gasteiger partial charge in [-0.25, -0.2) is 0 Å². The molecule has 0 spiro atoms. The number of allylic oxidation sites excluding steroid dienone is 4. The van der Waals surface area contributed by atoms with Crippen LogP contribution in [0.5, 0.6) is 0 Å². The summed E-state index contributed by atoms with van der Waals surface area (Å²) in [5.74, 6) is 0. The molecule has 3 radical (unpaired) electrons. The van der Waals surface area contributed by atoms with Gasteiger partial charge in [-0.15, -0.1) is 0 Å². The van der Waals surface area contributed by atoms with Gasteiger partial charge in [0, 0.05) is 10.2 Å². The zero-order valence-corrected chi connectivity index (χ0v) is 5.31. The van der Waals surface area contributed by atoms with Crippen LogP contribution < -0.4 is 0 Å². The molecule has 1 rings (SSSR count). The minimum atomic E-state index is 0.139. The molecule has 1 heteroatoms. The van der Waals surface area contributed by atoms with Gasteiger partial charge in [0.05, 0.1) is 0 Å². The molecule has 0 saturated heterocycles. The standard InChI is InChI=1S/C6H7Si/c1-6(7)4-2-3-5-6/h2-5H,1H3. The van der Waals surface area contributed by atoms with Crippen LogP contribution in [0.15, 0.2) is 24.3 Å². The van der Waals surface area contributed by atoms with Gasteiger partial charge in [0.2, 0.25) is 0 Å². The van der Waals surface area contributed by atoms with Gasteiger partial charge in [-0.2, -0.15) is 0 Å². The highest BCUT2D eigenvalue weighted by atomic mass is 28.1. The van der Waals surface area contributed by atoms with Gasteiger partial charge in [0.1, 0.15) is 0 Å². The largest absolute Gasteiger partial charge is 0.0784 e. The maximum absolute atomic E-state index is 3.52. The molecule has 0 aromatic rings. The van der Waals surface area contributed by atoms with Crippen molar-refractivity contribution in [3.8, 4) is 0 Å². The quantitative estimate of drug-likeness (QED) is 0.411. The average Bonchev–Trinajstić information content (AvgIpc) is 1.84. The molecule has 0 aliphatic heterocycles. The van der Waals surface area contributed by atoms with Crippen molar-refractivity contribution < 1.29 is 0 Å². The van der Waals surface area contributed by atoms with Gasteiger partial charge < -0.3 is 0 Å². The summed E-state index contributed by atoms with van der Waals surface area (Å²) in [6.07, 6.45) is 8.27. The summed E-state index contributed by atoms with van der Waals surface area (Å²) < 4.78 is 0. The lowest BCUT2D eigenvalue weighted by atomic mass is 10.2. The van der Waals surface area contributed by atoms with Crippen LogP contribution in [0.3, 0.4) is 0 Å². The molecule has 0 atom stereocenters. The van der Waals surface area contributed by atoms with E-state index in [4.69, 9.17) is 0 Å². The third-order valence-electron chi connectivity index (χ3n) is 0.996. The molecule has 1 aliphatic carbocycles. The Kier molecular flexibility index (Phi) is 0.925. The van der Waals surface area contributed by atoms with Crippen molar-refractivity contribution in [1.82, 2.24) is 0 Å². The fourth-order valence-corrected chi connectivity index (χ4v) is 0.759. The molecule has 0 aromatic carbocycles. The molecule has 1 aliphatic rings. The van der Waals surface area contributed by atoms with Gasteiger partial charge in [-0.3, -0.25) is 0 Å². The van der Waals surface area contributed by atoms with Crippen LogP contribution in [0.4, 0.5) is 0 Å². The van der Waals surface area contributed by atoms with E-state index in [0.29, 0.717) is 0 Å². The van der Waals surface area contributed by atoms with E-state index in [-0.39, 0.29) is 5.04 Å². The van der Waals surface area contributed by atoms with Crippen LogP contribution in [-0.2, 0) is 0 Å². The van der Waals surface area contributed by atoms with Crippen molar-refractivity contribution >= 4 is 10.2 Å². The highest BCUT2D eigenvalue weighted by molar-refractivity contribution is 6.18. The number of rotatable bonds is 0. The topological polar surface area (TPSA) is 0 Å². The van der Waals surface area contributed by atoms with Crippen LogP contribution >= 0.6 is 0 Å². The molecule has 0 aromatic heterocycles. The van der Waals surface area contributed by atoms with Gasteiger partial charge in [-0.1, -0.05) is 31.2 Å². The van der Waals surface area contributed by atoms with E-state index in [1.54, 1.807) is 0 Å². The third kappa shape index (κ3) is 1.03. The predicted octanol–water partition coefficient (Wildman–Crippen LogP) is 1.46. The molecule has 35 valence electrons. The summed E-state index contributed by atoms with van der Waals surface area (Å²) in [6, 6.07) is 0. The van der Waals surface area contributed by atoms with Crippen molar-refractivity contribution in [2.45, 2.75) is 12.0 Å². The summed E-state index contributed by atoms with van der Waals surface area (Å²) >= 11 is 0. The van der Waals surface area contributed by atoms with Crippen molar-refractivity contribution in [2.24, 2.45) is 0 Å². The lowest BCUT2D eigenvalue weighted by molar-refractivity contribution is 0.987. The fraction of sp³-hybridized carbons (Fsp3) is 0.333. The first kappa shape index (κ1) is 4.85. The van der Waals surface area contributed by atoms with E-state index in [9.17, 15) is 0 Å². The van der Waals surface area contributed by atoms with E-state index >= 15 is 0 Å². The second-order valence-corrected chi connectivity index (χ2v) is 3.08. The molecule has 0 amide bonds. The maximum Gasteiger partial charge on any atom is 0.0423 e. The van der Waals surface area contributed by atoms with Gasteiger partial charge >= 0.3 is 0 Å². The molecule has 0 heterocycles. The summed E-state index contributed by atoms with van der Waals surface area (Å²) in [5, 5.41) is 0.139. The van der Waals surface area contributed by atoms with Gasteiger partial charge in [-0.05, 0) is 5.04 Å².